The maximum Gasteiger partial charge on any atom is 0.433 e. The van der Waals surface area contributed by atoms with Gasteiger partial charge >= 0.3 is 18.0 Å². The summed E-state index contributed by atoms with van der Waals surface area (Å²) in [5.41, 5.74) is -1.22. The number of para-hydroxylation sites is 1. The quantitative estimate of drug-likeness (QED) is 0.674. The largest absolute Gasteiger partial charge is 0.433 e. The molecule has 0 radical (unpaired) electrons. The molecule has 2 aliphatic rings. The Hall–Kier alpha value is -3.94. The van der Waals surface area contributed by atoms with Gasteiger partial charge in [-0.3, -0.25) is 14.4 Å². The molecular weight excluding hydrogens is 415 g/mol. The van der Waals surface area contributed by atoms with Crippen molar-refractivity contribution in [1.82, 2.24) is 9.88 Å². The van der Waals surface area contributed by atoms with E-state index in [1.165, 1.54) is 0 Å². The molecule has 2 aromatic rings. The van der Waals surface area contributed by atoms with Gasteiger partial charge < -0.3 is 15.5 Å². The van der Waals surface area contributed by atoms with Crippen LogP contribution in [0.2, 0.25) is 0 Å². The van der Waals surface area contributed by atoms with Crippen molar-refractivity contribution in [3.05, 3.63) is 53.7 Å². The fourth-order valence-corrected chi connectivity index (χ4v) is 3.93. The van der Waals surface area contributed by atoms with Gasteiger partial charge in [-0.2, -0.15) is 18.4 Å². The average molecular weight is 429 g/mol. The first-order valence-electron chi connectivity index (χ1n) is 9.12. The first-order valence-corrected chi connectivity index (χ1v) is 9.12. The van der Waals surface area contributed by atoms with E-state index in [4.69, 9.17) is 0 Å². The number of carbonyl (C=O) groups is 3. The molecule has 1 spiro atoms. The summed E-state index contributed by atoms with van der Waals surface area (Å²) in [6.45, 7) is -0.212. The second-order valence-corrected chi connectivity index (χ2v) is 7.22. The minimum Gasteiger partial charge on any atom is -0.325 e. The molecule has 1 aromatic heterocycles. The van der Waals surface area contributed by atoms with Gasteiger partial charge in [-0.1, -0.05) is 24.3 Å². The van der Waals surface area contributed by atoms with E-state index in [0.29, 0.717) is 11.3 Å². The molecule has 0 aliphatic carbocycles. The van der Waals surface area contributed by atoms with Crippen molar-refractivity contribution >= 4 is 29.2 Å². The number of anilines is 2. The molecule has 11 heteroatoms. The molecule has 1 saturated heterocycles. The number of amides is 3. The van der Waals surface area contributed by atoms with Crippen LogP contribution in [0.5, 0.6) is 0 Å². The van der Waals surface area contributed by atoms with Crippen molar-refractivity contribution in [2.45, 2.75) is 24.1 Å². The highest BCUT2D eigenvalue weighted by atomic mass is 19.4. The van der Waals surface area contributed by atoms with Crippen LogP contribution in [0.15, 0.2) is 42.5 Å². The van der Waals surface area contributed by atoms with E-state index in [9.17, 15) is 32.8 Å². The van der Waals surface area contributed by atoms with Crippen LogP contribution in [0.1, 0.15) is 17.7 Å². The van der Waals surface area contributed by atoms with Gasteiger partial charge in [-0.25, -0.2) is 4.98 Å². The van der Waals surface area contributed by atoms with Crippen LogP contribution in [0, 0.1) is 11.3 Å². The summed E-state index contributed by atoms with van der Waals surface area (Å²) in [4.78, 5) is 42.1. The number of likely N-dealkylation sites (tertiary alicyclic amines) is 1. The van der Waals surface area contributed by atoms with Gasteiger partial charge in [0.05, 0.1) is 11.5 Å². The van der Waals surface area contributed by atoms with E-state index in [1.54, 1.807) is 24.3 Å². The topological polar surface area (TPSA) is 115 Å². The first kappa shape index (κ1) is 20.3. The molecule has 4 rings (SSSR count). The molecule has 1 fully saturated rings. The molecule has 0 unspecified atom stereocenters. The molecule has 2 aliphatic heterocycles. The van der Waals surface area contributed by atoms with Gasteiger partial charge in [-0.15, -0.1) is 0 Å². The highest BCUT2D eigenvalue weighted by molar-refractivity contribution is 6.39. The second-order valence-electron chi connectivity index (χ2n) is 7.22. The van der Waals surface area contributed by atoms with Crippen molar-refractivity contribution in [3.8, 4) is 6.07 Å². The van der Waals surface area contributed by atoms with Crippen molar-refractivity contribution in [1.29, 1.82) is 5.26 Å². The van der Waals surface area contributed by atoms with E-state index in [-0.39, 0.29) is 18.9 Å². The Labute approximate surface area is 173 Å². The SMILES string of the molecule is N#C[C@@H]1C[C@@]2(CN1C(=O)C(=O)Nc1cccc(C(F)(F)F)n1)C(=O)Nc1ccccc12. The predicted molar refractivity (Wildman–Crippen MR) is 100 cm³/mol. The number of nitriles is 1. The zero-order chi connectivity index (χ0) is 22.4. The molecule has 2 atom stereocenters. The lowest BCUT2D eigenvalue weighted by atomic mass is 9.80. The van der Waals surface area contributed by atoms with Crippen molar-refractivity contribution in [2.75, 3.05) is 17.2 Å². The van der Waals surface area contributed by atoms with Crippen LogP contribution in [-0.2, 0) is 26.0 Å². The molecule has 31 heavy (non-hydrogen) atoms. The lowest BCUT2D eigenvalue weighted by Gasteiger charge is -2.22. The molecule has 3 heterocycles. The third-order valence-corrected chi connectivity index (χ3v) is 5.37. The highest BCUT2D eigenvalue weighted by Gasteiger charge is 2.56. The van der Waals surface area contributed by atoms with Crippen molar-refractivity contribution in [2.24, 2.45) is 0 Å². The maximum absolute atomic E-state index is 12.8. The van der Waals surface area contributed by atoms with Crippen LogP contribution < -0.4 is 10.6 Å². The number of alkyl halides is 3. The number of hydrogen-bond acceptors (Lipinski definition) is 5. The summed E-state index contributed by atoms with van der Waals surface area (Å²) >= 11 is 0. The Morgan fingerprint density at radius 1 is 1.23 bits per heavy atom. The van der Waals surface area contributed by atoms with E-state index >= 15 is 0 Å². The maximum atomic E-state index is 12.8. The number of carbonyl (C=O) groups excluding carboxylic acids is 3. The lowest BCUT2D eigenvalue weighted by molar-refractivity contribution is -0.143. The third kappa shape index (κ3) is 3.35. The molecule has 1 aromatic carbocycles. The van der Waals surface area contributed by atoms with E-state index in [1.807, 2.05) is 11.4 Å². The zero-order valence-electron chi connectivity index (χ0n) is 15.7. The summed E-state index contributed by atoms with van der Waals surface area (Å²) in [5.74, 6) is -3.24. The van der Waals surface area contributed by atoms with Gasteiger partial charge in [0.25, 0.3) is 0 Å². The monoisotopic (exact) mass is 429 g/mol. The molecule has 8 nitrogen and oxygen atoms in total. The second kappa shape index (κ2) is 7.09. The predicted octanol–water partition coefficient (Wildman–Crippen LogP) is 2.05. The smallest absolute Gasteiger partial charge is 0.325 e. The fourth-order valence-electron chi connectivity index (χ4n) is 3.93. The van der Waals surface area contributed by atoms with Gasteiger partial charge in [0.15, 0.2) is 0 Å². The Bertz CT molecular complexity index is 1140. The number of nitrogens with one attached hydrogen (secondary N) is 2. The van der Waals surface area contributed by atoms with Gasteiger partial charge in [0, 0.05) is 18.7 Å². The Balaban J connectivity index is 1.57. The number of hydrogen-bond donors (Lipinski definition) is 2. The van der Waals surface area contributed by atoms with Gasteiger partial charge in [0.2, 0.25) is 5.91 Å². The van der Waals surface area contributed by atoms with Gasteiger partial charge in [-0.05, 0) is 23.8 Å². The summed E-state index contributed by atoms with van der Waals surface area (Å²) in [7, 11) is 0. The Morgan fingerprint density at radius 2 is 1.97 bits per heavy atom. The lowest BCUT2D eigenvalue weighted by Crippen LogP contribution is -2.44. The standard InChI is InChI=1S/C20H14F3N5O3/c21-20(22,23)14-6-3-7-15(26-14)27-16(29)17(30)28-10-19(8-11(28)9-24)12-4-1-2-5-13(12)25-18(19)31/h1-7,11H,8,10H2,(H,25,31)(H,26,27,29)/t11-,19-/m0/s1. The summed E-state index contributed by atoms with van der Waals surface area (Å²) < 4.78 is 38.4. The Kier molecular flexibility index (Phi) is 4.65. The van der Waals surface area contributed by atoms with Crippen LogP contribution >= 0.6 is 0 Å². The minimum absolute atomic E-state index is 0.00677. The molecule has 0 saturated carbocycles. The molecule has 2 N–H and O–H groups in total. The summed E-state index contributed by atoms with van der Waals surface area (Å²) in [5, 5.41) is 14.3. The van der Waals surface area contributed by atoms with Crippen LogP contribution in [0.3, 0.4) is 0 Å². The average Bonchev–Trinajstić information content (AvgIpc) is 3.26. The van der Waals surface area contributed by atoms with Crippen molar-refractivity contribution < 1.29 is 27.6 Å². The molecule has 0 bridgehead atoms. The number of halogens is 3. The van der Waals surface area contributed by atoms with Crippen molar-refractivity contribution in [3.63, 3.8) is 0 Å². The normalized spacial score (nSPS) is 22.1. The fraction of sp³-hybridized carbons (Fsp3) is 0.250. The molecular formula is C20H14F3N5O3. The first-order chi connectivity index (χ1) is 14.7. The zero-order valence-corrected chi connectivity index (χ0v) is 15.7. The number of aromatic nitrogens is 1. The number of pyridine rings is 1. The minimum atomic E-state index is -4.72. The summed E-state index contributed by atoms with van der Waals surface area (Å²) in [6, 6.07) is 10.6. The van der Waals surface area contributed by atoms with E-state index in [2.05, 4.69) is 10.3 Å². The van der Waals surface area contributed by atoms with Crippen LogP contribution in [0.4, 0.5) is 24.7 Å². The van der Waals surface area contributed by atoms with E-state index < -0.39 is 41.0 Å². The molecule has 3 amide bonds. The van der Waals surface area contributed by atoms with Gasteiger partial charge in [0.1, 0.15) is 17.6 Å². The third-order valence-electron chi connectivity index (χ3n) is 5.37. The highest BCUT2D eigenvalue weighted by Crippen LogP contribution is 2.46. The number of nitrogens with zero attached hydrogens (tertiary/aromatic N) is 3. The summed E-state index contributed by atoms with van der Waals surface area (Å²) in [6.07, 6.45) is -4.73. The van der Waals surface area contributed by atoms with Crippen LogP contribution in [-0.4, -0.2) is 40.2 Å². The molecule has 158 valence electrons. The van der Waals surface area contributed by atoms with Crippen LogP contribution in [0.25, 0.3) is 0 Å². The Morgan fingerprint density at radius 3 is 2.68 bits per heavy atom. The number of fused-ring (bicyclic) bond motifs is 2. The van der Waals surface area contributed by atoms with E-state index in [0.717, 1.165) is 23.1 Å². The number of rotatable bonds is 1. The number of benzene rings is 1.